The predicted molar refractivity (Wildman–Crippen MR) is 128 cm³/mol. The molecule has 0 amide bonds. The number of allylic oxidation sites excluding steroid dienone is 1. The maximum Gasteiger partial charge on any atom is 0.336 e. The second-order valence-electron chi connectivity index (χ2n) is 7.52. The van der Waals surface area contributed by atoms with Crippen molar-refractivity contribution in [3.05, 3.63) is 101 Å². The van der Waals surface area contributed by atoms with Crippen molar-refractivity contribution in [3.8, 4) is 17.6 Å². The van der Waals surface area contributed by atoms with Gasteiger partial charge in [-0.05, 0) is 52.5 Å². The zero-order chi connectivity index (χ0) is 22.9. The molecular formula is C28H25NO3. The lowest BCUT2D eigenvalue weighted by Crippen LogP contribution is -2.05. The number of ether oxygens (including phenoxy) is 2. The van der Waals surface area contributed by atoms with E-state index in [0.717, 1.165) is 16.7 Å². The molecule has 0 radical (unpaired) electrons. The number of hydrogen-bond donors (Lipinski definition) is 0. The fraction of sp³-hybridized carbons (Fsp3) is 0.143. The maximum absolute atomic E-state index is 12.3. The summed E-state index contributed by atoms with van der Waals surface area (Å²) in [4.78, 5) is 12.3. The van der Waals surface area contributed by atoms with Crippen LogP contribution in [-0.4, -0.2) is 13.1 Å². The van der Waals surface area contributed by atoms with Gasteiger partial charge in [-0.1, -0.05) is 74.5 Å². The van der Waals surface area contributed by atoms with Crippen LogP contribution in [0.25, 0.3) is 17.7 Å². The lowest BCUT2D eigenvalue weighted by Gasteiger charge is -2.09. The standard InChI is InChI=1S/C28H25NO3/c1-20(2)23-13-9-21(10-14-23)12-16-28(30)32-26-15-11-22(18-27(26)31-3)17-25(19-29)24-7-5-4-6-8-24/h4-18,20H,1-3H3/b16-12+,25-17+. The van der Waals surface area contributed by atoms with Crippen LogP contribution in [0.1, 0.15) is 42.0 Å². The summed E-state index contributed by atoms with van der Waals surface area (Å²) < 4.78 is 10.8. The number of carbonyl (C=O) groups is 1. The number of hydrogen-bond acceptors (Lipinski definition) is 4. The average Bonchev–Trinajstić information content (AvgIpc) is 2.82. The third-order valence-electron chi connectivity index (χ3n) is 4.93. The van der Waals surface area contributed by atoms with Gasteiger partial charge in [0.15, 0.2) is 11.5 Å². The van der Waals surface area contributed by atoms with Crippen LogP contribution < -0.4 is 9.47 Å². The third kappa shape index (κ3) is 5.96. The summed E-state index contributed by atoms with van der Waals surface area (Å²) in [6, 6.07) is 24.9. The van der Waals surface area contributed by atoms with Crippen LogP contribution in [0.4, 0.5) is 0 Å². The zero-order valence-electron chi connectivity index (χ0n) is 18.4. The highest BCUT2D eigenvalue weighted by Gasteiger charge is 2.10. The van der Waals surface area contributed by atoms with Gasteiger partial charge in [0, 0.05) is 6.08 Å². The second-order valence-corrected chi connectivity index (χ2v) is 7.52. The molecule has 3 aromatic rings. The van der Waals surface area contributed by atoms with E-state index in [-0.39, 0.29) is 0 Å². The summed E-state index contributed by atoms with van der Waals surface area (Å²) in [6.45, 7) is 4.28. The Morgan fingerprint density at radius 1 is 0.938 bits per heavy atom. The number of esters is 1. The Hall–Kier alpha value is -4.10. The largest absolute Gasteiger partial charge is 0.493 e. The molecule has 0 fully saturated rings. The summed E-state index contributed by atoms with van der Waals surface area (Å²) in [5.74, 6) is 0.682. The molecule has 0 aliphatic rings. The highest BCUT2D eigenvalue weighted by atomic mass is 16.6. The zero-order valence-corrected chi connectivity index (χ0v) is 18.4. The SMILES string of the molecule is COc1cc(/C=C(\C#N)c2ccccc2)ccc1OC(=O)/C=C/c1ccc(C(C)C)cc1. The molecule has 0 saturated carbocycles. The summed E-state index contributed by atoms with van der Waals surface area (Å²) in [6.07, 6.45) is 4.88. The van der Waals surface area contributed by atoms with E-state index in [1.807, 2.05) is 42.5 Å². The van der Waals surface area contributed by atoms with Gasteiger partial charge in [0.05, 0.1) is 18.8 Å². The van der Waals surface area contributed by atoms with Gasteiger partial charge < -0.3 is 9.47 Å². The van der Waals surface area contributed by atoms with Crippen LogP contribution in [0.2, 0.25) is 0 Å². The highest BCUT2D eigenvalue weighted by Crippen LogP contribution is 2.30. The summed E-state index contributed by atoms with van der Waals surface area (Å²) in [5.41, 5.74) is 4.29. The first kappa shape index (κ1) is 22.6. The molecule has 3 rings (SSSR count). The van der Waals surface area contributed by atoms with Gasteiger partial charge in [0.2, 0.25) is 0 Å². The molecule has 0 aliphatic carbocycles. The molecule has 0 spiro atoms. The normalized spacial score (nSPS) is 11.4. The molecule has 4 heteroatoms. The van der Waals surface area contributed by atoms with E-state index in [1.54, 1.807) is 30.4 Å². The minimum Gasteiger partial charge on any atom is -0.493 e. The average molecular weight is 424 g/mol. The topological polar surface area (TPSA) is 59.3 Å². The summed E-state index contributed by atoms with van der Waals surface area (Å²) in [7, 11) is 1.51. The molecule has 0 unspecified atom stereocenters. The maximum atomic E-state index is 12.3. The van der Waals surface area contributed by atoms with Crippen LogP contribution in [-0.2, 0) is 4.79 Å². The summed E-state index contributed by atoms with van der Waals surface area (Å²) >= 11 is 0. The Balaban J connectivity index is 1.74. The van der Waals surface area contributed by atoms with E-state index in [0.29, 0.717) is 23.0 Å². The molecule has 3 aromatic carbocycles. The second kappa shape index (κ2) is 10.8. The lowest BCUT2D eigenvalue weighted by atomic mass is 10.0. The monoisotopic (exact) mass is 423 g/mol. The van der Waals surface area contributed by atoms with Gasteiger partial charge in [-0.15, -0.1) is 0 Å². The van der Waals surface area contributed by atoms with Gasteiger partial charge in [0.25, 0.3) is 0 Å². The Morgan fingerprint density at radius 2 is 1.62 bits per heavy atom. The number of methoxy groups -OCH3 is 1. The molecule has 0 bridgehead atoms. The van der Waals surface area contributed by atoms with Gasteiger partial charge >= 0.3 is 5.97 Å². The first-order valence-corrected chi connectivity index (χ1v) is 10.3. The molecule has 32 heavy (non-hydrogen) atoms. The van der Waals surface area contributed by atoms with Crippen LogP contribution in [0, 0.1) is 11.3 Å². The van der Waals surface area contributed by atoms with Crippen LogP contribution >= 0.6 is 0 Å². The smallest absolute Gasteiger partial charge is 0.336 e. The van der Waals surface area contributed by atoms with Crippen molar-refractivity contribution >= 4 is 23.7 Å². The Bertz CT molecular complexity index is 1170. The molecule has 0 aromatic heterocycles. The minimum atomic E-state index is -0.499. The van der Waals surface area contributed by atoms with E-state index in [9.17, 15) is 10.1 Å². The fourth-order valence-electron chi connectivity index (χ4n) is 3.12. The van der Waals surface area contributed by atoms with Gasteiger partial charge in [0.1, 0.15) is 0 Å². The van der Waals surface area contributed by atoms with E-state index in [4.69, 9.17) is 9.47 Å². The van der Waals surface area contributed by atoms with Crippen molar-refractivity contribution in [2.24, 2.45) is 0 Å². The minimum absolute atomic E-state index is 0.313. The van der Waals surface area contributed by atoms with E-state index >= 15 is 0 Å². The number of nitriles is 1. The predicted octanol–water partition coefficient (Wildman–Crippen LogP) is 6.50. The Labute approximate surface area is 189 Å². The van der Waals surface area contributed by atoms with Crippen molar-refractivity contribution in [1.82, 2.24) is 0 Å². The van der Waals surface area contributed by atoms with E-state index in [1.165, 1.54) is 18.7 Å². The molecule has 0 heterocycles. The molecule has 0 atom stereocenters. The van der Waals surface area contributed by atoms with Crippen molar-refractivity contribution in [1.29, 1.82) is 5.26 Å². The summed E-state index contributed by atoms with van der Waals surface area (Å²) in [5, 5.41) is 9.51. The fourth-order valence-corrected chi connectivity index (χ4v) is 3.12. The lowest BCUT2D eigenvalue weighted by molar-refractivity contribution is -0.129. The first-order valence-electron chi connectivity index (χ1n) is 10.3. The number of benzene rings is 3. The van der Waals surface area contributed by atoms with Crippen molar-refractivity contribution in [3.63, 3.8) is 0 Å². The van der Waals surface area contributed by atoms with Gasteiger partial charge in [-0.2, -0.15) is 5.26 Å². The third-order valence-corrected chi connectivity index (χ3v) is 4.93. The van der Waals surface area contributed by atoms with Crippen molar-refractivity contribution in [2.45, 2.75) is 19.8 Å². The quantitative estimate of drug-likeness (QED) is 0.143. The molecular weight excluding hydrogens is 398 g/mol. The Kier molecular flexibility index (Phi) is 7.61. The van der Waals surface area contributed by atoms with Crippen molar-refractivity contribution < 1.29 is 14.3 Å². The van der Waals surface area contributed by atoms with Crippen molar-refractivity contribution in [2.75, 3.05) is 7.11 Å². The molecule has 4 nitrogen and oxygen atoms in total. The van der Waals surface area contributed by atoms with Gasteiger partial charge in [-0.3, -0.25) is 0 Å². The molecule has 0 saturated heterocycles. The Morgan fingerprint density at radius 3 is 2.25 bits per heavy atom. The van der Waals surface area contributed by atoms with E-state index < -0.39 is 5.97 Å². The molecule has 0 N–H and O–H groups in total. The van der Waals surface area contributed by atoms with Crippen LogP contribution in [0.3, 0.4) is 0 Å². The first-order chi connectivity index (χ1) is 15.5. The molecule has 0 aliphatic heterocycles. The highest BCUT2D eigenvalue weighted by molar-refractivity contribution is 5.91. The number of rotatable bonds is 7. The van der Waals surface area contributed by atoms with Crippen LogP contribution in [0.5, 0.6) is 11.5 Å². The number of carbonyl (C=O) groups excluding carboxylic acids is 1. The van der Waals surface area contributed by atoms with E-state index in [2.05, 4.69) is 32.0 Å². The number of nitrogens with zero attached hydrogens (tertiary/aromatic N) is 1. The van der Waals surface area contributed by atoms with Gasteiger partial charge in [-0.25, -0.2) is 4.79 Å². The van der Waals surface area contributed by atoms with Crippen LogP contribution in [0.15, 0.2) is 78.9 Å². The molecule has 160 valence electrons.